The second-order valence-electron chi connectivity index (χ2n) is 4.94. The van der Waals surface area contributed by atoms with Crippen LogP contribution in [0.2, 0.25) is 0 Å². The van der Waals surface area contributed by atoms with E-state index < -0.39 is 12.6 Å². The number of nitrogens with one attached hydrogen (secondary N) is 1. The Balaban J connectivity index is 2.02. The first-order valence-electron chi connectivity index (χ1n) is 6.26. The number of rotatable bonds is 5. The molecule has 16 heavy (non-hydrogen) atoms. The molecule has 4 heteroatoms. The highest BCUT2D eigenvalue weighted by atomic mass is 19.4. The Kier molecular flexibility index (Phi) is 5.59. The van der Waals surface area contributed by atoms with Gasteiger partial charge < -0.3 is 5.32 Å². The van der Waals surface area contributed by atoms with E-state index in [0.717, 1.165) is 12.5 Å². The molecule has 0 bridgehead atoms. The summed E-state index contributed by atoms with van der Waals surface area (Å²) >= 11 is 0. The lowest BCUT2D eigenvalue weighted by molar-refractivity contribution is -0.135. The molecule has 0 aromatic heterocycles. The molecule has 1 aliphatic carbocycles. The quantitative estimate of drug-likeness (QED) is 0.718. The van der Waals surface area contributed by atoms with E-state index in [0.29, 0.717) is 12.5 Å². The Hall–Kier alpha value is -0.250. The smallest absolute Gasteiger partial charge is 0.316 e. The summed E-state index contributed by atoms with van der Waals surface area (Å²) in [7, 11) is 0. The molecule has 2 unspecified atom stereocenters. The number of hydrogen-bond donors (Lipinski definition) is 1. The third kappa shape index (κ3) is 5.73. The highest BCUT2D eigenvalue weighted by Gasteiger charge is 2.26. The van der Waals surface area contributed by atoms with Gasteiger partial charge in [0.05, 0.1) is 0 Å². The molecule has 0 radical (unpaired) electrons. The maximum absolute atomic E-state index is 11.9. The summed E-state index contributed by atoms with van der Waals surface area (Å²) in [6.07, 6.45) is 0.623. The lowest BCUT2D eigenvalue weighted by Gasteiger charge is -2.28. The number of halogens is 3. The van der Waals surface area contributed by atoms with Crippen LogP contribution in [0, 0.1) is 11.8 Å². The molecular formula is C12H22F3N. The summed E-state index contributed by atoms with van der Waals surface area (Å²) < 4.78 is 35.6. The van der Waals surface area contributed by atoms with Gasteiger partial charge in [0, 0.05) is 6.42 Å². The van der Waals surface area contributed by atoms with Crippen LogP contribution in [0.4, 0.5) is 13.2 Å². The van der Waals surface area contributed by atoms with E-state index in [9.17, 15) is 13.2 Å². The summed E-state index contributed by atoms with van der Waals surface area (Å²) in [4.78, 5) is 0. The predicted octanol–water partition coefficient (Wildman–Crippen LogP) is 3.74. The SMILES string of the molecule is CC1CCCCC1CNCCCC(F)(F)F. The molecule has 0 heterocycles. The zero-order valence-electron chi connectivity index (χ0n) is 9.95. The van der Waals surface area contributed by atoms with E-state index in [1.54, 1.807) is 0 Å². The van der Waals surface area contributed by atoms with Gasteiger partial charge in [-0.1, -0.05) is 26.2 Å². The van der Waals surface area contributed by atoms with Crippen LogP contribution in [0.1, 0.15) is 45.4 Å². The molecule has 1 aliphatic rings. The molecule has 96 valence electrons. The van der Waals surface area contributed by atoms with E-state index in [1.165, 1.54) is 25.7 Å². The number of alkyl halides is 3. The van der Waals surface area contributed by atoms with Crippen LogP contribution in [0.5, 0.6) is 0 Å². The largest absolute Gasteiger partial charge is 0.389 e. The summed E-state index contributed by atoms with van der Waals surface area (Å²) in [5.41, 5.74) is 0. The molecule has 1 N–H and O–H groups in total. The second-order valence-corrected chi connectivity index (χ2v) is 4.94. The lowest BCUT2D eigenvalue weighted by Crippen LogP contribution is -2.30. The Morgan fingerprint density at radius 1 is 1.19 bits per heavy atom. The van der Waals surface area contributed by atoms with Crippen molar-refractivity contribution in [2.45, 2.75) is 51.6 Å². The fourth-order valence-electron chi connectivity index (χ4n) is 2.40. The van der Waals surface area contributed by atoms with Crippen molar-refractivity contribution in [2.24, 2.45) is 11.8 Å². The lowest BCUT2D eigenvalue weighted by atomic mass is 9.80. The summed E-state index contributed by atoms with van der Waals surface area (Å²) in [6, 6.07) is 0. The minimum absolute atomic E-state index is 0.199. The van der Waals surface area contributed by atoms with Gasteiger partial charge in [-0.25, -0.2) is 0 Å². The van der Waals surface area contributed by atoms with Gasteiger partial charge in [0.25, 0.3) is 0 Å². The molecule has 0 aliphatic heterocycles. The summed E-state index contributed by atoms with van der Waals surface area (Å²) in [6.45, 7) is 3.63. The minimum Gasteiger partial charge on any atom is -0.316 e. The fourth-order valence-corrected chi connectivity index (χ4v) is 2.40. The monoisotopic (exact) mass is 237 g/mol. The Bertz CT molecular complexity index is 191. The third-order valence-electron chi connectivity index (χ3n) is 3.51. The molecule has 2 atom stereocenters. The second kappa shape index (κ2) is 6.48. The van der Waals surface area contributed by atoms with Gasteiger partial charge in [-0.15, -0.1) is 0 Å². The fraction of sp³-hybridized carbons (Fsp3) is 1.00. The van der Waals surface area contributed by atoms with Crippen LogP contribution in [-0.4, -0.2) is 19.3 Å². The first kappa shape index (κ1) is 13.8. The van der Waals surface area contributed by atoms with Crippen molar-refractivity contribution in [1.82, 2.24) is 5.32 Å². The van der Waals surface area contributed by atoms with Crippen LogP contribution in [-0.2, 0) is 0 Å². The molecule has 1 saturated carbocycles. The first-order valence-corrected chi connectivity index (χ1v) is 6.26. The zero-order chi connectivity index (χ0) is 12.0. The van der Waals surface area contributed by atoms with Crippen molar-refractivity contribution in [3.63, 3.8) is 0 Å². The molecule has 0 amide bonds. The summed E-state index contributed by atoms with van der Waals surface area (Å²) in [5, 5.41) is 3.16. The van der Waals surface area contributed by atoms with Crippen LogP contribution in [0.3, 0.4) is 0 Å². The standard InChI is InChI=1S/C12H22F3N/c1-10-5-2-3-6-11(10)9-16-8-4-7-12(13,14)15/h10-11,16H,2-9H2,1H3. The predicted molar refractivity (Wildman–Crippen MR) is 59.3 cm³/mol. The van der Waals surface area contributed by atoms with E-state index >= 15 is 0 Å². The highest BCUT2D eigenvalue weighted by Crippen LogP contribution is 2.28. The van der Waals surface area contributed by atoms with Crippen molar-refractivity contribution < 1.29 is 13.2 Å². The first-order chi connectivity index (χ1) is 7.49. The van der Waals surface area contributed by atoms with E-state index in [-0.39, 0.29) is 6.42 Å². The van der Waals surface area contributed by atoms with Gasteiger partial charge in [-0.2, -0.15) is 13.2 Å². The van der Waals surface area contributed by atoms with E-state index in [2.05, 4.69) is 12.2 Å². The molecule has 0 spiro atoms. The zero-order valence-corrected chi connectivity index (χ0v) is 9.95. The molecular weight excluding hydrogens is 215 g/mol. The van der Waals surface area contributed by atoms with Crippen LogP contribution < -0.4 is 5.32 Å². The minimum atomic E-state index is -4.00. The normalized spacial score (nSPS) is 27.0. The maximum atomic E-state index is 11.9. The van der Waals surface area contributed by atoms with Crippen molar-refractivity contribution in [3.8, 4) is 0 Å². The third-order valence-corrected chi connectivity index (χ3v) is 3.51. The number of hydrogen-bond acceptors (Lipinski definition) is 1. The molecule has 1 fully saturated rings. The Morgan fingerprint density at radius 3 is 2.50 bits per heavy atom. The molecule has 0 aromatic carbocycles. The molecule has 1 rings (SSSR count). The van der Waals surface area contributed by atoms with Crippen molar-refractivity contribution in [3.05, 3.63) is 0 Å². The van der Waals surface area contributed by atoms with E-state index in [4.69, 9.17) is 0 Å². The van der Waals surface area contributed by atoms with Crippen molar-refractivity contribution in [2.75, 3.05) is 13.1 Å². The molecule has 0 aromatic rings. The van der Waals surface area contributed by atoms with Crippen molar-refractivity contribution in [1.29, 1.82) is 0 Å². The average Bonchev–Trinajstić information content (AvgIpc) is 2.18. The Morgan fingerprint density at radius 2 is 1.88 bits per heavy atom. The summed E-state index contributed by atoms with van der Waals surface area (Å²) in [5.74, 6) is 1.39. The molecule has 0 saturated heterocycles. The van der Waals surface area contributed by atoms with Gasteiger partial charge >= 0.3 is 6.18 Å². The van der Waals surface area contributed by atoms with E-state index in [1.807, 2.05) is 0 Å². The van der Waals surface area contributed by atoms with Crippen LogP contribution in [0.25, 0.3) is 0 Å². The van der Waals surface area contributed by atoms with Crippen LogP contribution in [0.15, 0.2) is 0 Å². The van der Waals surface area contributed by atoms with Gasteiger partial charge in [0.1, 0.15) is 0 Å². The van der Waals surface area contributed by atoms with Gasteiger partial charge in [0.15, 0.2) is 0 Å². The highest BCUT2D eigenvalue weighted by molar-refractivity contribution is 4.74. The molecule has 1 nitrogen and oxygen atoms in total. The van der Waals surface area contributed by atoms with Gasteiger partial charge in [-0.3, -0.25) is 0 Å². The topological polar surface area (TPSA) is 12.0 Å². The maximum Gasteiger partial charge on any atom is 0.389 e. The van der Waals surface area contributed by atoms with Crippen molar-refractivity contribution >= 4 is 0 Å². The van der Waals surface area contributed by atoms with Crippen LogP contribution >= 0.6 is 0 Å². The average molecular weight is 237 g/mol. The Labute approximate surface area is 95.8 Å². The van der Waals surface area contributed by atoms with Gasteiger partial charge in [0.2, 0.25) is 0 Å². The van der Waals surface area contributed by atoms with Gasteiger partial charge in [-0.05, 0) is 37.8 Å².